The van der Waals surface area contributed by atoms with Gasteiger partial charge in [-0.2, -0.15) is 0 Å². The van der Waals surface area contributed by atoms with Crippen LogP contribution < -0.4 is 15.4 Å². The Morgan fingerprint density at radius 1 is 1.21 bits per heavy atom. The smallest absolute Gasteiger partial charge is 0.317 e. The lowest BCUT2D eigenvalue weighted by atomic mass is 9.93. The number of ether oxygens (including phenoxy) is 1. The van der Waals surface area contributed by atoms with Crippen LogP contribution in [0.15, 0.2) is 30.3 Å². The Bertz CT molecular complexity index is 1050. The van der Waals surface area contributed by atoms with Gasteiger partial charge in [-0.05, 0) is 60.4 Å². The molecule has 1 aromatic carbocycles. The third-order valence-electron chi connectivity index (χ3n) is 6.80. The predicted octanol–water partition coefficient (Wildman–Crippen LogP) is 3.16. The lowest BCUT2D eigenvalue weighted by molar-refractivity contribution is -0.137. The molecule has 2 aromatic rings. The number of hydrogen-bond acceptors (Lipinski definition) is 5. The zero-order chi connectivity index (χ0) is 22.8. The quantitative estimate of drug-likeness (QED) is 0.599. The molecular formula is C25H30N4O4. The summed E-state index contributed by atoms with van der Waals surface area (Å²) in [5.41, 5.74) is 4.26. The van der Waals surface area contributed by atoms with Gasteiger partial charge in [0.1, 0.15) is 11.6 Å². The fraction of sp³-hybridized carbons (Fsp3) is 0.480. The van der Waals surface area contributed by atoms with E-state index in [4.69, 9.17) is 9.72 Å². The average Bonchev–Trinajstić information content (AvgIpc) is 3.25. The molecule has 1 atom stereocenters. The van der Waals surface area contributed by atoms with Gasteiger partial charge in [0.05, 0.1) is 19.1 Å². The van der Waals surface area contributed by atoms with E-state index in [1.807, 2.05) is 18.2 Å². The maximum atomic E-state index is 12.8. The summed E-state index contributed by atoms with van der Waals surface area (Å²) in [6.45, 7) is 2.99. The molecule has 8 nitrogen and oxygen atoms in total. The minimum absolute atomic E-state index is 0.167. The van der Waals surface area contributed by atoms with Crippen LogP contribution in [0.1, 0.15) is 47.7 Å². The molecule has 1 fully saturated rings. The number of amides is 2. The van der Waals surface area contributed by atoms with Crippen molar-refractivity contribution in [2.45, 2.75) is 44.6 Å². The van der Waals surface area contributed by atoms with Crippen LogP contribution in [0.3, 0.4) is 0 Å². The van der Waals surface area contributed by atoms with Gasteiger partial charge in [-0.25, -0.2) is 9.78 Å². The first-order valence-electron chi connectivity index (χ1n) is 11.8. The molecule has 33 heavy (non-hydrogen) atoms. The summed E-state index contributed by atoms with van der Waals surface area (Å²) in [6.07, 6.45) is 4.81. The average molecular weight is 451 g/mol. The van der Waals surface area contributed by atoms with Gasteiger partial charge in [-0.15, -0.1) is 0 Å². The Morgan fingerprint density at radius 2 is 2.06 bits per heavy atom. The Labute approximate surface area is 193 Å². The molecule has 0 saturated carbocycles. The van der Waals surface area contributed by atoms with Gasteiger partial charge in [0.2, 0.25) is 0 Å². The van der Waals surface area contributed by atoms with E-state index < -0.39 is 12.0 Å². The molecule has 174 valence electrons. The van der Waals surface area contributed by atoms with E-state index in [2.05, 4.69) is 22.8 Å². The van der Waals surface area contributed by atoms with Crippen molar-refractivity contribution < 1.29 is 19.4 Å². The molecule has 0 radical (unpaired) electrons. The summed E-state index contributed by atoms with van der Waals surface area (Å²) in [6, 6.07) is 9.20. The number of anilines is 1. The van der Waals surface area contributed by atoms with Gasteiger partial charge >= 0.3 is 12.0 Å². The number of carbonyl (C=O) groups is 2. The minimum Gasteiger partial charge on any atom is -0.493 e. The molecule has 0 bridgehead atoms. The SMILES string of the molecule is O=C(O)CC(NC(=O)N1CC(CCc2ccc3c(n2)NCCC3)C1)c1ccc2c(c1)OCC2. The molecule has 2 amide bonds. The van der Waals surface area contributed by atoms with E-state index in [1.54, 1.807) is 4.90 Å². The van der Waals surface area contributed by atoms with Crippen molar-refractivity contribution in [1.29, 1.82) is 0 Å². The van der Waals surface area contributed by atoms with Crippen molar-refractivity contribution in [3.63, 3.8) is 0 Å². The number of benzene rings is 1. The number of rotatable bonds is 7. The second kappa shape index (κ2) is 9.29. The maximum Gasteiger partial charge on any atom is 0.317 e. The highest BCUT2D eigenvalue weighted by Gasteiger charge is 2.32. The highest BCUT2D eigenvalue weighted by molar-refractivity contribution is 5.77. The minimum atomic E-state index is -0.949. The zero-order valence-electron chi connectivity index (χ0n) is 18.7. The van der Waals surface area contributed by atoms with Crippen molar-refractivity contribution in [2.75, 3.05) is 31.6 Å². The number of carboxylic acid groups (broad SMARTS) is 1. The van der Waals surface area contributed by atoms with E-state index in [-0.39, 0.29) is 12.5 Å². The number of aliphatic carboxylic acids is 1. The molecular weight excluding hydrogens is 420 g/mol. The van der Waals surface area contributed by atoms with E-state index in [9.17, 15) is 14.7 Å². The van der Waals surface area contributed by atoms with Crippen LogP contribution in [-0.2, 0) is 24.1 Å². The molecule has 3 N–H and O–H groups in total. The van der Waals surface area contributed by atoms with Gasteiger partial charge in [-0.1, -0.05) is 18.2 Å². The molecule has 3 aliphatic heterocycles. The number of hydrogen-bond donors (Lipinski definition) is 3. The number of pyridine rings is 1. The summed E-state index contributed by atoms with van der Waals surface area (Å²) in [7, 11) is 0. The molecule has 0 aliphatic carbocycles. The summed E-state index contributed by atoms with van der Waals surface area (Å²) in [5.74, 6) is 1.30. The van der Waals surface area contributed by atoms with E-state index in [0.29, 0.717) is 25.6 Å². The van der Waals surface area contributed by atoms with Crippen LogP contribution in [0.5, 0.6) is 5.75 Å². The number of nitrogens with zero attached hydrogens (tertiary/aromatic N) is 2. The number of nitrogens with one attached hydrogen (secondary N) is 2. The van der Waals surface area contributed by atoms with Crippen LogP contribution in [-0.4, -0.2) is 53.2 Å². The summed E-state index contributed by atoms with van der Waals surface area (Å²) >= 11 is 0. The second-order valence-electron chi connectivity index (χ2n) is 9.22. The highest BCUT2D eigenvalue weighted by Crippen LogP contribution is 2.30. The number of fused-ring (bicyclic) bond motifs is 2. The number of aromatic nitrogens is 1. The number of carboxylic acids is 1. The van der Waals surface area contributed by atoms with Crippen LogP contribution in [0.4, 0.5) is 10.6 Å². The lowest BCUT2D eigenvalue weighted by Crippen LogP contribution is -2.54. The van der Waals surface area contributed by atoms with Crippen molar-refractivity contribution in [1.82, 2.24) is 15.2 Å². The fourth-order valence-electron chi connectivity index (χ4n) is 4.85. The van der Waals surface area contributed by atoms with Crippen LogP contribution in [0, 0.1) is 5.92 Å². The third-order valence-corrected chi connectivity index (χ3v) is 6.80. The van der Waals surface area contributed by atoms with Crippen molar-refractivity contribution >= 4 is 17.8 Å². The fourth-order valence-corrected chi connectivity index (χ4v) is 4.85. The van der Waals surface area contributed by atoms with Gasteiger partial charge in [0, 0.05) is 31.7 Å². The first kappa shape index (κ1) is 21.6. The Kier molecular flexibility index (Phi) is 6.07. The molecule has 8 heteroatoms. The van der Waals surface area contributed by atoms with Crippen LogP contribution >= 0.6 is 0 Å². The summed E-state index contributed by atoms with van der Waals surface area (Å²) in [4.78, 5) is 30.7. The standard InChI is InChI=1S/C25H30N4O4/c30-23(31)13-21(19-5-4-17-9-11-33-22(17)12-19)28-25(32)29-14-16(15-29)3-7-20-8-6-18-2-1-10-26-24(18)27-20/h4-6,8,12,16,21H,1-3,7,9-11,13-15H2,(H,26,27)(H,28,32)(H,30,31). The van der Waals surface area contributed by atoms with E-state index in [1.165, 1.54) is 5.56 Å². The van der Waals surface area contributed by atoms with Gasteiger partial charge < -0.3 is 25.4 Å². The van der Waals surface area contributed by atoms with E-state index >= 15 is 0 Å². The first-order chi connectivity index (χ1) is 16.0. The van der Waals surface area contributed by atoms with Crippen LogP contribution in [0.25, 0.3) is 0 Å². The highest BCUT2D eigenvalue weighted by atomic mass is 16.5. The molecule has 0 spiro atoms. The monoisotopic (exact) mass is 450 g/mol. The molecule has 3 aliphatic rings. The number of aryl methyl sites for hydroxylation is 2. The first-order valence-corrected chi connectivity index (χ1v) is 11.8. The number of urea groups is 1. The number of likely N-dealkylation sites (tertiary alicyclic amines) is 1. The van der Waals surface area contributed by atoms with Gasteiger partial charge in [-0.3, -0.25) is 4.79 Å². The van der Waals surface area contributed by atoms with Crippen molar-refractivity contribution in [3.05, 3.63) is 52.7 Å². The molecule has 1 saturated heterocycles. The molecule has 4 heterocycles. The Hall–Kier alpha value is -3.29. The topological polar surface area (TPSA) is 104 Å². The van der Waals surface area contributed by atoms with Crippen LogP contribution in [0.2, 0.25) is 0 Å². The predicted molar refractivity (Wildman–Crippen MR) is 124 cm³/mol. The summed E-state index contributed by atoms with van der Waals surface area (Å²) < 4.78 is 5.61. The van der Waals surface area contributed by atoms with Crippen molar-refractivity contribution in [2.24, 2.45) is 5.92 Å². The lowest BCUT2D eigenvalue weighted by Gasteiger charge is -2.40. The van der Waals surface area contributed by atoms with Gasteiger partial charge in [0.25, 0.3) is 0 Å². The normalized spacial score (nSPS) is 17.8. The largest absolute Gasteiger partial charge is 0.493 e. The molecule has 5 rings (SSSR count). The zero-order valence-corrected chi connectivity index (χ0v) is 18.7. The van der Waals surface area contributed by atoms with E-state index in [0.717, 1.165) is 67.0 Å². The molecule has 1 unspecified atom stereocenters. The molecule has 1 aromatic heterocycles. The Balaban J connectivity index is 1.13. The van der Waals surface area contributed by atoms with Gasteiger partial charge in [0.15, 0.2) is 0 Å². The summed E-state index contributed by atoms with van der Waals surface area (Å²) in [5, 5.41) is 15.6. The number of carbonyl (C=O) groups excluding carboxylic acids is 1. The third kappa shape index (κ3) is 4.89. The second-order valence-corrected chi connectivity index (χ2v) is 9.22. The Morgan fingerprint density at radius 3 is 2.91 bits per heavy atom. The van der Waals surface area contributed by atoms with Crippen molar-refractivity contribution in [3.8, 4) is 5.75 Å². The maximum absolute atomic E-state index is 12.8.